The van der Waals surface area contributed by atoms with Gasteiger partial charge in [0, 0.05) is 30.5 Å². The Morgan fingerprint density at radius 3 is 3.06 bits per heavy atom. The largest absolute Gasteiger partial charge is 0.314 e. The van der Waals surface area contributed by atoms with E-state index >= 15 is 0 Å². The van der Waals surface area contributed by atoms with Gasteiger partial charge in [-0.25, -0.2) is 4.68 Å². The predicted octanol–water partition coefficient (Wildman–Crippen LogP) is 2.14. The van der Waals surface area contributed by atoms with Gasteiger partial charge in [0.15, 0.2) is 0 Å². The van der Waals surface area contributed by atoms with Crippen LogP contribution in [0, 0.1) is 0 Å². The van der Waals surface area contributed by atoms with Crippen LogP contribution in [0.15, 0.2) is 48.9 Å². The zero-order valence-electron chi connectivity index (χ0n) is 10.2. The second-order valence-corrected chi connectivity index (χ2v) is 4.16. The number of hydrogen-bond donors (Lipinski definition) is 1. The summed E-state index contributed by atoms with van der Waals surface area (Å²) in [4.78, 5) is 4.19. The van der Waals surface area contributed by atoms with Crippen molar-refractivity contribution >= 4 is 10.8 Å². The lowest BCUT2D eigenvalue weighted by Crippen LogP contribution is -2.06. The molecule has 2 heterocycles. The molecule has 2 aromatic heterocycles. The lowest BCUT2D eigenvalue weighted by molar-refractivity contribution is 0.758. The van der Waals surface area contributed by atoms with Crippen LogP contribution >= 0.6 is 0 Å². The lowest BCUT2D eigenvalue weighted by Gasteiger charge is -2.05. The fourth-order valence-electron chi connectivity index (χ4n) is 2.07. The van der Waals surface area contributed by atoms with Crippen molar-refractivity contribution in [3.05, 3.63) is 54.6 Å². The van der Waals surface area contributed by atoms with Gasteiger partial charge >= 0.3 is 0 Å². The molecule has 0 aliphatic rings. The monoisotopic (exact) mass is 238 g/mol. The number of nitrogens with zero attached hydrogens (tertiary/aromatic N) is 3. The molecule has 0 radical (unpaired) electrons. The summed E-state index contributed by atoms with van der Waals surface area (Å²) in [5.41, 5.74) is 2.08. The number of nitrogens with one attached hydrogen (secondary N) is 1. The smallest absolute Gasteiger partial charge is 0.0766 e. The lowest BCUT2D eigenvalue weighted by atomic mass is 10.1. The Labute approximate surface area is 105 Å². The van der Waals surface area contributed by atoms with Gasteiger partial charge in [0.1, 0.15) is 0 Å². The van der Waals surface area contributed by atoms with Gasteiger partial charge in [-0.1, -0.05) is 12.1 Å². The van der Waals surface area contributed by atoms with Crippen LogP contribution in [-0.4, -0.2) is 21.8 Å². The first-order valence-electron chi connectivity index (χ1n) is 5.91. The minimum atomic E-state index is 0.774. The van der Waals surface area contributed by atoms with Crippen LogP contribution in [0.5, 0.6) is 0 Å². The Morgan fingerprint density at radius 1 is 1.22 bits per heavy atom. The van der Waals surface area contributed by atoms with E-state index < -0.39 is 0 Å². The molecule has 0 aliphatic carbocycles. The molecule has 0 amide bonds. The van der Waals surface area contributed by atoms with Crippen LogP contribution in [0.4, 0.5) is 0 Å². The Balaban J connectivity index is 2.12. The van der Waals surface area contributed by atoms with Gasteiger partial charge in [0.25, 0.3) is 0 Å². The summed E-state index contributed by atoms with van der Waals surface area (Å²) in [6.07, 6.45) is 5.67. The molecule has 0 spiro atoms. The zero-order chi connectivity index (χ0) is 12.4. The summed E-state index contributed by atoms with van der Waals surface area (Å²) >= 11 is 0. The molecular weight excluding hydrogens is 224 g/mol. The van der Waals surface area contributed by atoms with E-state index in [2.05, 4.69) is 27.5 Å². The van der Waals surface area contributed by atoms with Crippen LogP contribution in [0.1, 0.15) is 5.69 Å². The summed E-state index contributed by atoms with van der Waals surface area (Å²) in [5.74, 6) is 0. The molecule has 3 aromatic rings. The summed E-state index contributed by atoms with van der Waals surface area (Å²) in [5, 5.41) is 9.93. The van der Waals surface area contributed by atoms with Crippen LogP contribution in [0.2, 0.25) is 0 Å². The highest BCUT2D eigenvalue weighted by Gasteiger charge is 2.04. The quantitative estimate of drug-likeness (QED) is 0.760. The molecular formula is C14H14N4. The topological polar surface area (TPSA) is 42.7 Å². The van der Waals surface area contributed by atoms with Gasteiger partial charge in [-0.15, -0.1) is 0 Å². The normalized spacial score (nSPS) is 10.9. The highest BCUT2D eigenvalue weighted by molar-refractivity contribution is 5.89. The molecule has 18 heavy (non-hydrogen) atoms. The maximum Gasteiger partial charge on any atom is 0.0766 e. The number of benzene rings is 1. The summed E-state index contributed by atoms with van der Waals surface area (Å²) in [6, 6.07) is 10.2. The maximum absolute atomic E-state index is 4.55. The predicted molar refractivity (Wildman–Crippen MR) is 71.6 cm³/mol. The first kappa shape index (κ1) is 10.9. The number of fused-ring (bicyclic) bond motifs is 1. The summed E-state index contributed by atoms with van der Waals surface area (Å²) < 4.78 is 1.90. The first-order valence-corrected chi connectivity index (χ1v) is 5.91. The van der Waals surface area contributed by atoms with Gasteiger partial charge in [-0.05, 0) is 30.6 Å². The average molecular weight is 238 g/mol. The van der Waals surface area contributed by atoms with Crippen molar-refractivity contribution in [1.82, 2.24) is 20.1 Å². The molecule has 0 bridgehead atoms. The standard InChI is InChI=1S/C14H14N4/c1-15-9-12-6-8-18(17-12)14-4-2-3-11-5-7-16-10-13(11)14/h2-8,10,15H,9H2,1H3. The SMILES string of the molecule is CNCc1ccn(-c2cccc3ccncc23)n1. The van der Waals surface area contributed by atoms with Crippen LogP contribution in [0.3, 0.4) is 0 Å². The van der Waals surface area contributed by atoms with E-state index in [0.717, 1.165) is 23.3 Å². The molecule has 90 valence electrons. The highest BCUT2D eigenvalue weighted by atomic mass is 15.3. The minimum Gasteiger partial charge on any atom is -0.314 e. The fraction of sp³-hybridized carbons (Fsp3) is 0.143. The summed E-state index contributed by atoms with van der Waals surface area (Å²) in [6.45, 7) is 0.774. The van der Waals surface area contributed by atoms with Crippen molar-refractivity contribution in [2.24, 2.45) is 0 Å². The van der Waals surface area contributed by atoms with Crippen LogP contribution in [-0.2, 0) is 6.54 Å². The average Bonchev–Trinajstić information content (AvgIpc) is 2.87. The molecule has 0 atom stereocenters. The molecule has 3 rings (SSSR count). The molecule has 0 aliphatic heterocycles. The second-order valence-electron chi connectivity index (χ2n) is 4.16. The van der Waals surface area contributed by atoms with Gasteiger partial charge < -0.3 is 5.32 Å². The van der Waals surface area contributed by atoms with Crippen molar-refractivity contribution in [3.8, 4) is 5.69 Å². The van der Waals surface area contributed by atoms with E-state index in [1.165, 1.54) is 5.39 Å². The van der Waals surface area contributed by atoms with Crippen molar-refractivity contribution in [2.75, 3.05) is 7.05 Å². The van der Waals surface area contributed by atoms with Gasteiger partial charge in [0.2, 0.25) is 0 Å². The van der Waals surface area contributed by atoms with Gasteiger partial charge in [-0.2, -0.15) is 5.10 Å². The number of aromatic nitrogens is 3. The van der Waals surface area contributed by atoms with E-state index in [1.807, 2.05) is 48.5 Å². The number of hydrogen-bond acceptors (Lipinski definition) is 3. The zero-order valence-corrected chi connectivity index (χ0v) is 10.2. The van der Waals surface area contributed by atoms with E-state index in [9.17, 15) is 0 Å². The molecule has 0 saturated carbocycles. The van der Waals surface area contributed by atoms with Gasteiger partial charge in [-0.3, -0.25) is 4.98 Å². The summed E-state index contributed by atoms with van der Waals surface area (Å²) in [7, 11) is 1.92. The van der Waals surface area contributed by atoms with E-state index in [-0.39, 0.29) is 0 Å². The number of rotatable bonds is 3. The molecule has 4 nitrogen and oxygen atoms in total. The fourth-order valence-corrected chi connectivity index (χ4v) is 2.07. The number of pyridine rings is 1. The van der Waals surface area contributed by atoms with E-state index in [1.54, 1.807) is 0 Å². The molecule has 1 aromatic carbocycles. The Morgan fingerprint density at radius 2 is 2.17 bits per heavy atom. The Bertz CT molecular complexity index is 667. The Hall–Kier alpha value is -2.20. The van der Waals surface area contributed by atoms with Gasteiger partial charge in [0.05, 0.1) is 11.4 Å². The molecule has 0 unspecified atom stereocenters. The molecule has 0 saturated heterocycles. The van der Waals surface area contributed by atoms with Crippen molar-refractivity contribution in [2.45, 2.75) is 6.54 Å². The first-order chi connectivity index (χ1) is 8.88. The maximum atomic E-state index is 4.55. The third kappa shape index (κ3) is 1.87. The molecule has 0 fully saturated rings. The van der Waals surface area contributed by atoms with Crippen molar-refractivity contribution in [3.63, 3.8) is 0 Å². The van der Waals surface area contributed by atoms with Crippen molar-refractivity contribution in [1.29, 1.82) is 0 Å². The molecule has 1 N–H and O–H groups in total. The third-order valence-corrected chi connectivity index (χ3v) is 2.91. The van der Waals surface area contributed by atoms with Crippen LogP contribution in [0.25, 0.3) is 16.5 Å². The van der Waals surface area contributed by atoms with Crippen LogP contribution < -0.4 is 5.32 Å². The van der Waals surface area contributed by atoms with Crippen molar-refractivity contribution < 1.29 is 0 Å². The minimum absolute atomic E-state index is 0.774. The second kappa shape index (κ2) is 4.58. The van der Waals surface area contributed by atoms with E-state index in [4.69, 9.17) is 0 Å². The third-order valence-electron chi connectivity index (χ3n) is 2.91. The molecule has 4 heteroatoms. The van der Waals surface area contributed by atoms with E-state index in [0.29, 0.717) is 0 Å². The highest BCUT2D eigenvalue weighted by Crippen LogP contribution is 2.20. The Kier molecular flexibility index (Phi) is 2.78.